The molecule has 0 aromatic heterocycles. The number of carbonyl (C=O) groups is 2. The van der Waals surface area contributed by atoms with Crippen LogP contribution < -0.4 is 11.1 Å². The van der Waals surface area contributed by atoms with Crippen molar-refractivity contribution in [3.05, 3.63) is 35.9 Å². The van der Waals surface area contributed by atoms with E-state index in [-0.39, 0.29) is 0 Å². The minimum Gasteiger partial charge on any atom is -0.480 e. The second kappa shape index (κ2) is 6.76. The third-order valence-corrected chi connectivity index (χ3v) is 2.66. The molecular weight excluding hydrogens is 232 g/mol. The summed E-state index contributed by atoms with van der Waals surface area (Å²) >= 11 is 0. The molecule has 0 saturated heterocycles. The fourth-order valence-corrected chi connectivity index (χ4v) is 1.58. The Morgan fingerprint density at radius 2 is 1.94 bits per heavy atom. The highest BCUT2D eigenvalue weighted by Crippen LogP contribution is 2.02. The number of aliphatic carboxylic acids is 1. The summed E-state index contributed by atoms with van der Waals surface area (Å²) in [7, 11) is 0. The van der Waals surface area contributed by atoms with Gasteiger partial charge < -0.3 is 16.2 Å². The minimum absolute atomic E-state index is 0.332. The molecule has 2 atom stereocenters. The highest BCUT2D eigenvalue weighted by molar-refractivity contribution is 5.86. The SMILES string of the molecule is CC[C@H](NC(=O)C(N)Cc1ccccc1)C(=O)O. The van der Waals surface area contributed by atoms with Gasteiger partial charge in [-0.15, -0.1) is 0 Å². The van der Waals surface area contributed by atoms with Crippen LogP contribution in [0.4, 0.5) is 0 Å². The van der Waals surface area contributed by atoms with Crippen LogP contribution in [0, 0.1) is 0 Å². The van der Waals surface area contributed by atoms with E-state index in [4.69, 9.17) is 10.8 Å². The topological polar surface area (TPSA) is 92.4 Å². The van der Waals surface area contributed by atoms with E-state index < -0.39 is 24.0 Å². The van der Waals surface area contributed by atoms with E-state index >= 15 is 0 Å². The van der Waals surface area contributed by atoms with E-state index in [1.165, 1.54) is 0 Å². The molecule has 1 unspecified atom stereocenters. The summed E-state index contributed by atoms with van der Waals surface area (Å²) in [4.78, 5) is 22.5. The summed E-state index contributed by atoms with van der Waals surface area (Å²) in [6, 6.07) is 7.76. The number of carboxylic acids is 1. The Kier molecular flexibility index (Phi) is 5.32. The van der Waals surface area contributed by atoms with Crippen LogP contribution in [0.25, 0.3) is 0 Å². The zero-order valence-corrected chi connectivity index (χ0v) is 10.3. The molecule has 0 radical (unpaired) electrons. The minimum atomic E-state index is -1.04. The number of hydrogen-bond donors (Lipinski definition) is 3. The summed E-state index contributed by atoms with van der Waals surface area (Å²) in [6.07, 6.45) is 0.724. The van der Waals surface area contributed by atoms with Gasteiger partial charge in [0.15, 0.2) is 0 Å². The molecule has 0 aliphatic rings. The Morgan fingerprint density at radius 3 is 2.44 bits per heavy atom. The Labute approximate surface area is 106 Å². The van der Waals surface area contributed by atoms with E-state index in [9.17, 15) is 9.59 Å². The average Bonchev–Trinajstić information content (AvgIpc) is 2.36. The average molecular weight is 250 g/mol. The maximum absolute atomic E-state index is 11.7. The third kappa shape index (κ3) is 4.18. The van der Waals surface area contributed by atoms with Gasteiger partial charge in [-0.05, 0) is 18.4 Å². The highest BCUT2D eigenvalue weighted by Gasteiger charge is 2.21. The molecule has 1 aromatic carbocycles. The monoisotopic (exact) mass is 250 g/mol. The van der Waals surface area contributed by atoms with Crippen LogP contribution in [-0.2, 0) is 16.0 Å². The van der Waals surface area contributed by atoms with Crippen LogP contribution in [0.2, 0.25) is 0 Å². The van der Waals surface area contributed by atoms with Gasteiger partial charge in [0, 0.05) is 0 Å². The van der Waals surface area contributed by atoms with E-state index in [1.807, 2.05) is 30.3 Å². The first kappa shape index (κ1) is 14.2. The summed E-state index contributed by atoms with van der Waals surface area (Å²) < 4.78 is 0. The molecule has 0 heterocycles. The second-order valence-electron chi connectivity index (χ2n) is 4.10. The molecule has 0 fully saturated rings. The van der Waals surface area contributed by atoms with Crippen molar-refractivity contribution < 1.29 is 14.7 Å². The van der Waals surface area contributed by atoms with Gasteiger partial charge in [0.2, 0.25) is 5.91 Å². The van der Waals surface area contributed by atoms with Crippen LogP contribution in [0.15, 0.2) is 30.3 Å². The first-order valence-corrected chi connectivity index (χ1v) is 5.87. The summed E-state index contributed by atoms with van der Waals surface area (Å²) in [5.74, 6) is -1.48. The van der Waals surface area contributed by atoms with Crippen molar-refractivity contribution in [2.24, 2.45) is 5.73 Å². The van der Waals surface area contributed by atoms with Crippen LogP contribution >= 0.6 is 0 Å². The van der Waals surface area contributed by atoms with Gasteiger partial charge in [-0.3, -0.25) is 4.79 Å². The van der Waals surface area contributed by atoms with E-state index in [1.54, 1.807) is 6.92 Å². The lowest BCUT2D eigenvalue weighted by Crippen LogP contribution is -2.48. The quantitative estimate of drug-likeness (QED) is 0.687. The van der Waals surface area contributed by atoms with Crippen LogP contribution in [0.1, 0.15) is 18.9 Å². The molecule has 0 spiro atoms. The Morgan fingerprint density at radius 1 is 1.33 bits per heavy atom. The van der Waals surface area contributed by atoms with Crippen LogP contribution in [-0.4, -0.2) is 29.1 Å². The summed E-state index contributed by atoms with van der Waals surface area (Å²) in [6.45, 7) is 1.70. The van der Waals surface area contributed by atoms with Gasteiger partial charge in [0.05, 0.1) is 6.04 Å². The Balaban J connectivity index is 2.54. The molecule has 18 heavy (non-hydrogen) atoms. The number of hydrogen-bond acceptors (Lipinski definition) is 3. The normalized spacial score (nSPS) is 13.7. The van der Waals surface area contributed by atoms with Crippen molar-refractivity contribution in [2.75, 3.05) is 0 Å². The highest BCUT2D eigenvalue weighted by atomic mass is 16.4. The van der Waals surface area contributed by atoms with Gasteiger partial charge in [-0.25, -0.2) is 4.79 Å². The molecule has 5 heteroatoms. The Bertz CT molecular complexity index is 406. The molecule has 1 aromatic rings. The zero-order valence-electron chi connectivity index (χ0n) is 10.3. The van der Waals surface area contributed by atoms with Gasteiger partial charge in [-0.1, -0.05) is 37.3 Å². The number of rotatable bonds is 6. The standard InChI is InChI=1S/C13H18N2O3/c1-2-11(13(17)18)15-12(16)10(14)8-9-6-4-3-5-7-9/h3-7,10-11H,2,8,14H2,1H3,(H,15,16)(H,17,18)/t10?,11-/m0/s1. The van der Waals surface area contributed by atoms with Gasteiger partial charge in [-0.2, -0.15) is 0 Å². The van der Waals surface area contributed by atoms with Crippen molar-refractivity contribution in [3.63, 3.8) is 0 Å². The van der Waals surface area contributed by atoms with E-state index in [0.717, 1.165) is 5.56 Å². The second-order valence-corrected chi connectivity index (χ2v) is 4.10. The van der Waals surface area contributed by atoms with E-state index in [2.05, 4.69) is 5.32 Å². The molecule has 98 valence electrons. The first-order chi connectivity index (χ1) is 8.54. The molecule has 0 saturated carbocycles. The summed E-state index contributed by atoms with van der Waals surface area (Å²) in [5, 5.41) is 11.3. The van der Waals surface area contributed by atoms with Crippen molar-refractivity contribution in [1.82, 2.24) is 5.32 Å². The maximum Gasteiger partial charge on any atom is 0.326 e. The van der Waals surface area contributed by atoms with Gasteiger partial charge >= 0.3 is 5.97 Å². The van der Waals surface area contributed by atoms with Crippen molar-refractivity contribution in [2.45, 2.75) is 31.8 Å². The predicted molar refractivity (Wildman–Crippen MR) is 68.0 cm³/mol. The number of nitrogens with two attached hydrogens (primary N) is 1. The largest absolute Gasteiger partial charge is 0.480 e. The number of carbonyl (C=O) groups excluding carboxylic acids is 1. The van der Waals surface area contributed by atoms with Crippen LogP contribution in [0.3, 0.4) is 0 Å². The molecule has 4 N–H and O–H groups in total. The fourth-order valence-electron chi connectivity index (χ4n) is 1.58. The number of amides is 1. The van der Waals surface area contributed by atoms with Crippen molar-refractivity contribution >= 4 is 11.9 Å². The molecular formula is C13H18N2O3. The predicted octanol–water partition coefficient (Wildman–Crippen LogP) is 0.536. The smallest absolute Gasteiger partial charge is 0.326 e. The lowest BCUT2D eigenvalue weighted by molar-refractivity contribution is -0.142. The van der Waals surface area contributed by atoms with Crippen LogP contribution in [0.5, 0.6) is 0 Å². The first-order valence-electron chi connectivity index (χ1n) is 5.87. The number of nitrogens with one attached hydrogen (secondary N) is 1. The molecule has 0 aliphatic carbocycles. The molecule has 5 nitrogen and oxygen atoms in total. The fraction of sp³-hybridized carbons (Fsp3) is 0.385. The lowest BCUT2D eigenvalue weighted by atomic mass is 10.1. The van der Waals surface area contributed by atoms with Gasteiger partial charge in [0.25, 0.3) is 0 Å². The lowest BCUT2D eigenvalue weighted by Gasteiger charge is -2.16. The maximum atomic E-state index is 11.7. The summed E-state index contributed by atoms with van der Waals surface area (Å²) in [5.41, 5.74) is 6.70. The third-order valence-electron chi connectivity index (χ3n) is 2.66. The molecule has 0 bridgehead atoms. The van der Waals surface area contributed by atoms with E-state index in [0.29, 0.717) is 12.8 Å². The van der Waals surface area contributed by atoms with Crippen molar-refractivity contribution in [1.29, 1.82) is 0 Å². The number of carboxylic acid groups (broad SMARTS) is 1. The van der Waals surface area contributed by atoms with Crippen molar-refractivity contribution in [3.8, 4) is 0 Å². The number of benzene rings is 1. The molecule has 0 aliphatic heterocycles. The van der Waals surface area contributed by atoms with Gasteiger partial charge in [0.1, 0.15) is 6.04 Å². The zero-order chi connectivity index (χ0) is 13.5. The molecule has 1 rings (SSSR count). The Hall–Kier alpha value is -1.88. The molecule has 1 amide bonds.